The van der Waals surface area contributed by atoms with Gasteiger partial charge in [-0.05, 0) is 55.3 Å². The summed E-state index contributed by atoms with van der Waals surface area (Å²) in [6.07, 6.45) is 2.05. The number of hydrogen-bond donors (Lipinski definition) is 2. The van der Waals surface area contributed by atoms with E-state index in [1.165, 1.54) is 0 Å². The number of rotatable bonds is 4. The van der Waals surface area contributed by atoms with E-state index >= 15 is 0 Å². The minimum atomic E-state index is -0.382. The molecule has 1 saturated carbocycles. The molecule has 3 aromatic rings. The lowest BCUT2D eigenvalue weighted by Crippen LogP contribution is -2.25. The second-order valence-electron chi connectivity index (χ2n) is 6.08. The molecule has 25 heavy (non-hydrogen) atoms. The normalized spacial score (nSPS) is 13.6. The molecule has 0 atom stereocenters. The Morgan fingerprint density at radius 2 is 1.88 bits per heavy atom. The molecule has 4 rings (SSSR count). The highest BCUT2D eigenvalue weighted by atomic mass is 35.5. The fraction of sp³-hybridized carbons (Fsp3) is 0.158. The summed E-state index contributed by atoms with van der Waals surface area (Å²) < 4.78 is 5.55. The Hall–Kier alpha value is -2.79. The summed E-state index contributed by atoms with van der Waals surface area (Å²) in [6.45, 7) is 0. The lowest BCUT2D eigenvalue weighted by Gasteiger charge is -2.07. The standard InChI is InChI=1S/C19H15ClN2O3/c20-13-4-7-16-12(8-13)10-17(25-16)19(24)22-15-3-1-2-11(9-15)18(23)21-14-5-6-14/h1-4,7-10,14H,5-6H2,(H,21,23)(H,22,24). The van der Waals surface area contributed by atoms with E-state index in [2.05, 4.69) is 10.6 Å². The van der Waals surface area contributed by atoms with E-state index in [-0.39, 0.29) is 23.6 Å². The van der Waals surface area contributed by atoms with E-state index in [1.807, 2.05) is 0 Å². The second-order valence-corrected chi connectivity index (χ2v) is 6.51. The molecule has 1 aliphatic carbocycles. The Bertz CT molecular complexity index is 976. The van der Waals surface area contributed by atoms with Crippen LogP contribution in [0, 0.1) is 0 Å². The van der Waals surface area contributed by atoms with Crippen molar-refractivity contribution in [1.29, 1.82) is 0 Å². The van der Waals surface area contributed by atoms with Crippen LogP contribution in [-0.2, 0) is 0 Å². The number of halogens is 1. The largest absolute Gasteiger partial charge is 0.451 e. The first-order chi connectivity index (χ1) is 12.1. The molecule has 0 unspecified atom stereocenters. The summed E-state index contributed by atoms with van der Waals surface area (Å²) in [5, 5.41) is 7.01. The van der Waals surface area contributed by atoms with Gasteiger partial charge in [-0.25, -0.2) is 0 Å². The summed E-state index contributed by atoms with van der Waals surface area (Å²) >= 11 is 5.94. The zero-order chi connectivity index (χ0) is 17.4. The van der Waals surface area contributed by atoms with Crippen LogP contribution < -0.4 is 10.6 Å². The van der Waals surface area contributed by atoms with Gasteiger partial charge in [0.15, 0.2) is 5.76 Å². The van der Waals surface area contributed by atoms with Crippen molar-refractivity contribution in [2.75, 3.05) is 5.32 Å². The molecule has 1 fully saturated rings. The van der Waals surface area contributed by atoms with Gasteiger partial charge in [0.05, 0.1) is 0 Å². The number of benzene rings is 2. The van der Waals surface area contributed by atoms with Gasteiger partial charge in [-0.1, -0.05) is 17.7 Å². The number of amides is 2. The summed E-state index contributed by atoms with van der Waals surface area (Å²) in [5.41, 5.74) is 1.64. The Balaban J connectivity index is 1.52. The summed E-state index contributed by atoms with van der Waals surface area (Å²) in [6, 6.07) is 13.9. The van der Waals surface area contributed by atoms with Gasteiger partial charge in [-0.2, -0.15) is 0 Å². The van der Waals surface area contributed by atoms with Gasteiger partial charge in [-0.15, -0.1) is 0 Å². The van der Waals surface area contributed by atoms with Crippen LogP contribution in [0.5, 0.6) is 0 Å². The average Bonchev–Trinajstić information content (AvgIpc) is 3.30. The van der Waals surface area contributed by atoms with Gasteiger partial charge in [-0.3, -0.25) is 9.59 Å². The van der Waals surface area contributed by atoms with E-state index in [4.69, 9.17) is 16.0 Å². The van der Waals surface area contributed by atoms with E-state index in [0.29, 0.717) is 21.9 Å². The second kappa shape index (κ2) is 6.26. The van der Waals surface area contributed by atoms with Crippen LogP contribution in [0.1, 0.15) is 33.8 Å². The van der Waals surface area contributed by atoms with Crippen molar-refractivity contribution in [1.82, 2.24) is 5.32 Å². The number of fused-ring (bicyclic) bond motifs is 1. The Morgan fingerprint density at radius 3 is 2.68 bits per heavy atom. The maximum Gasteiger partial charge on any atom is 0.291 e. The molecule has 2 aromatic carbocycles. The fourth-order valence-electron chi connectivity index (χ4n) is 2.55. The smallest absolute Gasteiger partial charge is 0.291 e. The van der Waals surface area contributed by atoms with Crippen LogP contribution in [0.3, 0.4) is 0 Å². The van der Waals surface area contributed by atoms with E-state index in [1.54, 1.807) is 48.5 Å². The van der Waals surface area contributed by atoms with Gasteiger partial charge in [0.2, 0.25) is 0 Å². The van der Waals surface area contributed by atoms with Crippen molar-refractivity contribution in [2.24, 2.45) is 0 Å². The monoisotopic (exact) mass is 354 g/mol. The van der Waals surface area contributed by atoms with Crippen LogP contribution in [0.15, 0.2) is 52.9 Å². The molecule has 0 saturated heterocycles. The zero-order valence-corrected chi connectivity index (χ0v) is 14.0. The molecule has 1 heterocycles. The third-order valence-corrected chi connectivity index (χ3v) is 4.23. The first-order valence-corrected chi connectivity index (χ1v) is 8.38. The molecule has 0 bridgehead atoms. The van der Waals surface area contributed by atoms with Gasteiger partial charge in [0, 0.05) is 27.7 Å². The molecule has 2 amide bonds. The third-order valence-electron chi connectivity index (χ3n) is 4.00. The van der Waals surface area contributed by atoms with Crippen LogP contribution in [0.4, 0.5) is 5.69 Å². The molecule has 6 heteroatoms. The molecule has 0 aliphatic heterocycles. The number of furan rings is 1. The van der Waals surface area contributed by atoms with Gasteiger partial charge in [0.1, 0.15) is 5.58 Å². The lowest BCUT2D eigenvalue weighted by atomic mass is 10.2. The number of anilines is 1. The van der Waals surface area contributed by atoms with Crippen molar-refractivity contribution in [3.63, 3.8) is 0 Å². The van der Waals surface area contributed by atoms with Crippen LogP contribution in [0.25, 0.3) is 11.0 Å². The van der Waals surface area contributed by atoms with Gasteiger partial charge < -0.3 is 15.1 Å². The predicted octanol–water partition coefficient (Wildman–Crippen LogP) is 4.23. The highest BCUT2D eigenvalue weighted by molar-refractivity contribution is 6.31. The third kappa shape index (κ3) is 3.51. The first-order valence-electron chi connectivity index (χ1n) is 8.00. The SMILES string of the molecule is O=C(NC1CC1)c1cccc(NC(=O)c2cc3cc(Cl)ccc3o2)c1. The lowest BCUT2D eigenvalue weighted by molar-refractivity contribution is 0.0949. The van der Waals surface area contributed by atoms with Crippen molar-refractivity contribution < 1.29 is 14.0 Å². The Morgan fingerprint density at radius 1 is 1.04 bits per heavy atom. The van der Waals surface area contributed by atoms with Crippen molar-refractivity contribution in [3.8, 4) is 0 Å². The fourth-order valence-corrected chi connectivity index (χ4v) is 2.73. The van der Waals surface area contributed by atoms with E-state index in [0.717, 1.165) is 18.2 Å². The number of carbonyl (C=O) groups is 2. The molecular weight excluding hydrogens is 340 g/mol. The summed E-state index contributed by atoms with van der Waals surface area (Å²) in [5.74, 6) is -0.325. The van der Waals surface area contributed by atoms with Crippen molar-refractivity contribution in [3.05, 3.63) is 64.9 Å². The Labute approximate surface area is 149 Å². The quantitative estimate of drug-likeness (QED) is 0.736. The van der Waals surface area contributed by atoms with E-state index < -0.39 is 0 Å². The number of hydrogen-bond acceptors (Lipinski definition) is 3. The predicted molar refractivity (Wildman–Crippen MR) is 96.1 cm³/mol. The van der Waals surface area contributed by atoms with Crippen LogP contribution in [0.2, 0.25) is 5.02 Å². The topological polar surface area (TPSA) is 71.3 Å². The molecule has 0 radical (unpaired) electrons. The van der Waals surface area contributed by atoms with Crippen molar-refractivity contribution in [2.45, 2.75) is 18.9 Å². The molecule has 1 aliphatic rings. The van der Waals surface area contributed by atoms with Gasteiger partial charge in [0.25, 0.3) is 11.8 Å². The molecule has 2 N–H and O–H groups in total. The van der Waals surface area contributed by atoms with Crippen molar-refractivity contribution >= 4 is 40.1 Å². The number of carbonyl (C=O) groups excluding carboxylic acids is 2. The highest BCUT2D eigenvalue weighted by Gasteiger charge is 2.24. The first kappa shape index (κ1) is 15.7. The summed E-state index contributed by atoms with van der Waals surface area (Å²) in [7, 11) is 0. The average molecular weight is 355 g/mol. The van der Waals surface area contributed by atoms with Crippen LogP contribution >= 0.6 is 11.6 Å². The molecule has 0 spiro atoms. The molecule has 1 aromatic heterocycles. The minimum Gasteiger partial charge on any atom is -0.451 e. The molecule has 5 nitrogen and oxygen atoms in total. The maximum atomic E-state index is 12.4. The van der Waals surface area contributed by atoms with Crippen LogP contribution in [-0.4, -0.2) is 17.9 Å². The number of nitrogens with one attached hydrogen (secondary N) is 2. The molecule has 126 valence electrons. The minimum absolute atomic E-state index is 0.128. The summed E-state index contributed by atoms with van der Waals surface area (Å²) in [4.78, 5) is 24.5. The highest BCUT2D eigenvalue weighted by Crippen LogP contribution is 2.24. The molecular formula is C19H15ClN2O3. The Kier molecular flexibility index (Phi) is 3.93. The zero-order valence-electron chi connectivity index (χ0n) is 13.2. The van der Waals surface area contributed by atoms with Gasteiger partial charge >= 0.3 is 0 Å². The maximum absolute atomic E-state index is 12.4. The van der Waals surface area contributed by atoms with E-state index in [9.17, 15) is 9.59 Å².